The topological polar surface area (TPSA) is 81.2 Å². The molecule has 2 N–H and O–H groups in total. The lowest BCUT2D eigenvalue weighted by Crippen LogP contribution is -2.58. The first-order valence-electron chi connectivity index (χ1n) is 6.46. The molecule has 1 unspecified atom stereocenters. The highest BCUT2D eigenvalue weighted by atomic mass is 32.2. The minimum atomic E-state index is -2.99. The van der Waals surface area contributed by atoms with E-state index in [9.17, 15) is 8.42 Å². The molecule has 0 amide bonds. The van der Waals surface area contributed by atoms with Crippen molar-refractivity contribution in [2.24, 2.45) is 12.8 Å². The number of aromatic nitrogens is 2. The summed E-state index contributed by atoms with van der Waals surface area (Å²) in [6.45, 7) is 0.962. The van der Waals surface area contributed by atoms with Crippen LogP contribution in [0.1, 0.15) is 18.7 Å². The average Bonchev–Trinajstić information content (AvgIpc) is 2.73. The number of nitrogens with two attached hydrogens (primary N) is 1. The van der Waals surface area contributed by atoms with Gasteiger partial charge in [-0.1, -0.05) is 0 Å². The Morgan fingerprint density at radius 2 is 2.32 bits per heavy atom. The highest BCUT2D eigenvalue weighted by Gasteiger charge is 2.41. The van der Waals surface area contributed by atoms with Crippen LogP contribution in [0.25, 0.3) is 0 Å². The number of sulfone groups is 1. The van der Waals surface area contributed by atoms with Crippen LogP contribution in [0.5, 0.6) is 0 Å². The lowest BCUT2D eigenvalue weighted by atomic mass is 9.93. The molecule has 0 bridgehead atoms. The van der Waals surface area contributed by atoms with E-state index < -0.39 is 15.4 Å². The molecule has 0 aliphatic carbocycles. The van der Waals surface area contributed by atoms with Gasteiger partial charge in [0, 0.05) is 31.5 Å². The summed E-state index contributed by atoms with van der Waals surface area (Å²) in [6.07, 6.45) is 5.14. The second-order valence-electron chi connectivity index (χ2n) is 5.43. The zero-order chi connectivity index (χ0) is 14.1. The van der Waals surface area contributed by atoms with Gasteiger partial charge in [0.25, 0.3) is 0 Å². The predicted molar refractivity (Wildman–Crippen MR) is 74.3 cm³/mol. The first-order valence-corrected chi connectivity index (χ1v) is 8.29. The van der Waals surface area contributed by atoms with Crippen LogP contribution in [-0.4, -0.2) is 53.5 Å². The molecule has 6 nitrogen and oxygen atoms in total. The third kappa shape index (κ3) is 2.98. The molecule has 2 heterocycles. The highest BCUT2D eigenvalue weighted by Crippen LogP contribution is 2.28. The van der Waals surface area contributed by atoms with Crippen molar-refractivity contribution in [3.05, 3.63) is 18.2 Å². The van der Waals surface area contributed by atoms with Crippen LogP contribution in [0.15, 0.2) is 12.4 Å². The summed E-state index contributed by atoms with van der Waals surface area (Å²) in [7, 11) is 0.881. The Morgan fingerprint density at radius 1 is 1.58 bits per heavy atom. The Morgan fingerprint density at radius 3 is 2.84 bits per heavy atom. The molecule has 1 fully saturated rings. The molecule has 0 aromatic carbocycles. The minimum absolute atomic E-state index is 0.150. The van der Waals surface area contributed by atoms with E-state index in [-0.39, 0.29) is 11.5 Å². The molecule has 0 saturated carbocycles. The molecule has 1 aromatic rings. The zero-order valence-corrected chi connectivity index (χ0v) is 12.4. The standard InChI is InChI=1S/C12H22N4O2S/c1-15-6-5-14-11(15)8-16(2)12(9-13)4-3-7-19(17,18)10-12/h5-6H,3-4,7-10,13H2,1-2H3. The first kappa shape index (κ1) is 14.5. The molecular formula is C12H22N4O2S. The van der Waals surface area contributed by atoms with Crippen LogP contribution in [0, 0.1) is 0 Å². The van der Waals surface area contributed by atoms with Crippen LogP contribution in [-0.2, 0) is 23.4 Å². The number of likely N-dealkylation sites (N-methyl/N-ethyl adjacent to an activating group) is 1. The quantitative estimate of drug-likeness (QED) is 0.826. The van der Waals surface area contributed by atoms with E-state index in [1.807, 2.05) is 29.8 Å². The molecule has 2 rings (SSSR count). The molecule has 7 heteroatoms. The van der Waals surface area contributed by atoms with Crippen molar-refractivity contribution < 1.29 is 8.42 Å². The van der Waals surface area contributed by atoms with Crippen LogP contribution in [0.2, 0.25) is 0 Å². The summed E-state index contributed by atoms with van der Waals surface area (Å²) < 4.78 is 25.7. The van der Waals surface area contributed by atoms with Gasteiger partial charge in [-0.25, -0.2) is 13.4 Å². The number of imidazole rings is 1. The fourth-order valence-corrected chi connectivity index (χ4v) is 4.75. The number of aryl methyl sites for hydroxylation is 1. The second kappa shape index (κ2) is 5.22. The van der Waals surface area contributed by atoms with E-state index in [0.717, 1.165) is 12.2 Å². The third-order valence-corrected chi connectivity index (χ3v) is 5.96. The van der Waals surface area contributed by atoms with Gasteiger partial charge in [-0.15, -0.1) is 0 Å². The maximum atomic E-state index is 11.9. The summed E-state index contributed by atoms with van der Waals surface area (Å²) in [5.41, 5.74) is 5.44. The molecule has 1 atom stereocenters. The van der Waals surface area contributed by atoms with Gasteiger partial charge in [0.1, 0.15) is 5.82 Å². The predicted octanol–water partition coefficient (Wildman–Crippen LogP) is -0.242. The molecular weight excluding hydrogens is 264 g/mol. The summed E-state index contributed by atoms with van der Waals surface area (Å²) >= 11 is 0. The van der Waals surface area contributed by atoms with Crippen LogP contribution in [0.3, 0.4) is 0 Å². The monoisotopic (exact) mass is 286 g/mol. The average molecular weight is 286 g/mol. The van der Waals surface area contributed by atoms with E-state index in [4.69, 9.17) is 5.73 Å². The third-order valence-electron chi connectivity index (χ3n) is 4.08. The summed E-state index contributed by atoms with van der Waals surface area (Å²) in [6, 6.07) is 0. The van der Waals surface area contributed by atoms with Crippen molar-refractivity contribution in [3.8, 4) is 0 Å². The van der Waals surface area contributed by atoms with Crippen molar-refractivity contribution in [2.45, 2.75) is 24.9 Å². The summed E-state index contributed by atoms with van der Waals surface area (Å²) in [4.78, 5) is 6.33. The Labute approximate surface area is 114 Å². The van der Waals surface area contributed by atoms with Gasteiger partial charge >= 0.3 is 0 Å². The fourth-order valence-electron chi connectivity index (χ4n) is 2.72. The summed E-state index contributed by atoms with van der Waals surface area (Å²) in [5, 5.41) is 0. The lowest BCUT2D eigenvalue weighted by molar-refractivity contribution is 0.120. The molecule has 0 spiro atoms. The van der Waals surface area contributed by atoms with Crippen LogP contribution >= 0.6 is 0 Å². The van der Waals surface area contributed by atoms with Gasteiger partial charge in [-0.3, -0.25) is 4.90 Å². The van der Waals surface area contributed by atoms with E-state index in [2.05, 4.69) is 4.98 Å². The minimum Gasteiger partial charge on any atom is -0.337 e. The van der Waals surface area contributed by atoms with Crippen molar-refractivity contribution in [2.75, 3.05) is 25.1 Å². The van der Waals surface area contributed by atoms with Crippen LogP contribution in [0.4, 0.5) is 0 Å². The molecule has 19 heavy (non-hydrogen) atoms. The SMILES string of the molecule is CN(Cc1nccn1C)C1(CN)CCCS(=O)(=O)C1. The highest BCUT2D eigenvalue weighted by molar-refractivity contribution is 7.91. The molecule has 1 saturated heterocycles. The van der Waals surface area contributed by atoms with Gasteiger partial charge in [0.05, 0.1) is 18.1 Å². The Hall–Kier alpha value is -0.920. The van der Waals surface area contributed by atoms with Gasteiger partial charge in [-0.05, 0) is 19.9 Å². The number of hydrogen-bond acceptors (Lipinski definition) is 5. The lowest BCUT2D eigenvalue weighted by Gasteiger charge is -2.43. The molecule has 1 aliphatic heterocycles. The summed E-state index contributed by atoms with van der Waals surface area (Å²) in [5.74, 6) is 1.35. The molecule has 1 aliphatic rings. The molecule has 1 aromatic heterocycles. The van der Waals surface area contributed by atoms with E-state index in [1.165, 1.54) is 0 Å². The van der Waals surface area contributed by atoms with Crippen molar-refractivity contribution >= 4 is 9.84 Å². The van der Waals surface area contributed by atoms with Gasteiger partial charge in [0.15, 0.2) is 9.84 Å². The number of hydrogen-bond donors (Lipinski definition) is 1. The van der Waals surface area contributed by atoms with Crippen molar-refractivity contribution in [1.29, 1.82) is 0 Å². The first-order chi connectivity index (χ1) is 8.88. The maximum absolute atomic E-state index is 11.9. The van der Waals surface area contributed by atoms with Gasteiger partial charge in [-0.2, -0.15) is 0 Å². The van der Waals surface area contributed by atoms with Crippen molar-refractivity contribution in [1.82, 2.24) is 14.5 Å². The second-order valence-corrected chi connectivity index (χ2v) is 7.62. The fraction of sp³-hybridized carbons (Fsp3) is 0.750. The smallest absolute Gasteiger partial charge is 0.152 e. The Kier molecular flexibility index (Phi) is 3.98. The van der Waals surface area contributed by atoms with Crippen molar-refractivity contribution in [3.63, 3.8) is 0 Å². The van der Waals surface area contributed by atoms with Gasteiger partial charge in [0.2, 0.25) is 0 Å². The van der Waals surface area contributed by atoms with E-state index >= 15 is 0 Å². The number of nitrogens with zero attached hydrogens (tertiary/aromatic N) is 3. The maximum Gasteiger partial charge on any atom is 0.152 e. The molecule has 108 valence electrons. The van der Waals surface area contributed by atoms with E-state index in [1.54, 1.807) is 6.20 Å². The Bertz CT molecular complexity index is 540. The van der Waals surface area contributed by atoms with E-state index in [0.29, 0.717) is 19.5 Å². The Balaban J connectivity index is 2.19. The van der Waals surface area contributed by atoms with Gasteiger partial charge < -0.3 is 10.3 Å². The molecule has 0 radical (unpaired) electrons. The van der Waals surface area contributed by atoms with Crippen LogP contribution < -0.4 is 5.73 Å². The largest absolute Gasteiger partial charge is 0.337 e. The number of rotatable bonds is 4. The zero-order valence-electron chi connectivity index (χ0n) is 11.5. The normalized spacial score (nSPS) is 26.7.